The molecule has 0 aromatic rings. The number of ether oxygens (including phenoxy) is 6. The third kappa shape index (κ3) is 19.4. The van der Waals surface area contributed by atoms with Crippen LogP contribution in [0.15, 0.2) is 0 Å². The van der Waals surface area contributed by atoms with Crippen LogP contribution < -0.4 is 0 Å². The summed E-state index contributed by atoms with van der Waals surface area (Å²) in [4.78, 5) is 12.7. The van der Waals surface area contributed by atoms with Gasteiger partial charge in [-0.15, -0.1) is 0 Å². The van der Waals surface area contributed by atoms with Crippen molar-refractivity contribution in [2.75, 3.05) is 93.4 Å². The van der Waals surface area contributed by atoms with Crippen LogP contribution in [-0.4, -0.2) is 104 Å². The Labute approximate surface area is 151 Å². The number of nitrogens with zero attached hydrogens (tertiary/aromatic N) is 1. The van der Waals surface area contributed by atoms with Gasteiger partial charge in [0.1, 0.15) is 6.61 Å². The fraction of sp³-hybridized carbons (Fsp3) is 0.941. The van der Waals surface area contributed by atoms with Crippen molar-refractivity contribution < 1.29 is 33.2 Å². The predicted molar refractivity (Wildman–Crippen MR) is 93.9 cm³/mol. The molecule has 0 fully saturated rings. The van der Waals surface area contributed by atoms with Crippen molar-refractivity contribution in [3.05, 3.63) is 0 Å². The Morgan fingerprint density at radius 1 is 0.600 bits per heavy atom. The zero-order valence-corrected chi connectivity index (χ0v) is 16.0. The van der Waals surface area contributed by atoms with Crippen molar-refractivity contribution in [2.24, 2.45) is 0 Å². The summed E-state index contributed by atoms with van der Waals surface area (Å²) in [6.07, 6.45) is 1.03. The minimum atomic E-state index is -0.0569. The summed E-state index contributed by atoms with van der Waals surface area (Å²) in [5.41, 5.74) is 0. The third-order valence-corrected chi connectivity index (χ3v) is 2.93. The highest BCUT2D eigenvalue weighted by Crippen LogP contribution is 1.86. The van der Waals surface area contributed by atoms with E-state index in [2.05, 4.69) is 6.92 Å². The molecule has 8 heteroatoms. The van der Waals surface area contributed by atoms with Gasteiger partial charge in [0.15, 0.2) is 0 Å². The van der Waals surface area contributed by atoms with Gasteiger partial charge >= 0.3 is 0 Å². The van der Waals surface area contributed by atoms with Gasteiger partial charge < -0.3 is 33.3 Å². The number of hydrogen-bond acceptors (Lipinski definition) is 7. The zero-order chi connectivity index (χ0) is 18.6. The minimum absolute atomic E-state index is 0.0569. The van der Waals surface area contributed by atoms with Gasteiger partial charge in [-0.2, -0.15) is 0 Å². The van der Waals surface area contributed by atoms with Crippen molar-refractivity contribution in [1.29, 1.82) is 0 Å². The first-order valence-electron chi connectivity index (χ1n) is 8.85. The van der Waals surface area contributed by atoms with Crippen LogP contribution >= 0.6 is 0 Å². The van der Waals surface area contributed by atoms with Gasteiger partial charge in [-0.05, 0) is 6.42 Å². The van der Waals surface area contributed by atoms with E-state index < -0.39 is 0 Å². The molecule has 8 nitrogen and oxygen atoms in total. The number of likely N-dealkylation sites (N-methyl/N-ethyl adjacent to an activating group) is 1. The summed E-state index contributed by atoms with van der Waals surface area (Å²) < 4.78 is 31.9. The average molecular weight is 365 g/mol. The van der Waals surface area contributed by atoms with E-state index in [1.165, 1.54) is 4.90 Å². The molecule has 0 rings (SSSR count). The molecular weight excluding hydrogens is 330 g/mol. The fourth-order valence-electron chi connectivity index (χ4n) is 1.53. The molecular formula is C17H35NO7. The van der Waals surface area contributed by atoms with Gasteiger partial charge in [-0.3, -0.25) is 4.79 Å². The summed E-state index contributed by atoms with van der Waals surface area (Å²) in [5.74, 6) is -0.0569. The molecule has 0 bridgehead atoms. The second-order valence-corrected chi connectivity index (χ2v) is 5.40. The summed E-state index contributed by atoms with van der Waals surface area (Å²) in [5, 5.41) is 0. The van der Waals surface area contributed by atoms with Crippen molar-refractivity contribution in [2.45, 2.75) is 13.3 Å². The van der Waals surface area contributed by atoms with Gasteiger partial charge in [0, 0.05) is 20.7 Å². The van der Waals surface area contributed by atoms with E-state index in [9.17, 15) is 4.79 Å². The molecule has 0 saturated carbocycles. The summed E-state index contributed by atoms with van der Waals surface area (Å²) in [7, 11) is 3.39. The molecule has 0 N–H and O–H groups in total. The highest BCUT2D eigenvalue weighted by atomic mass is 16.6. The first-order chi connectivity index (χ1) is 12.2. The Balaban J connectivity index is 3.04. The van der Waals surface area contributed by atoms with E-state index in [-0.39, 0.29) is 12.5 Å². The van der Waals surface area contributed by atoms with E-state index in [0.29, 0.717) is 66.1 Å². The maximum atomic E-state index is 11.2. The second-order valence-electron chi connectivity index (χ2n) is 5.40. The Bertz CT molecular complexity index is 290. The molecule has 0 radical (unpaired) electrons. The van der Waals surface area contributed by atoms with Gasteiger partial charge in [0.05, 0.1) is 66.1 Å². The molecule has 0 aliphatic heterocycles. The molecule has 0 heterocycles. The lowest BCUT2D eigenvalue weighted by molar-refractivity contribution is -0.134. The van der Waals surface area contributed by atoms with Crippen molar-refractivity contribution in [3.8, 4) is 0 Å². The molecule has 0 aliphatic rings. The minimum Gasteiger partial charge on any atom is -0.379 e. The van der Waals surface area contributed by atoms with Crippen LogP contribution in [-0.2, 0) is 33.2 Å². The molecule has 1 amide bonds. The van der Waals surface area contributed by atoms with Crippen LogP contribution in [0.4, 0.5) is 0 Å². The first kappa shape index (κ1) is 24.2. The Hall–Kier alpha value is -0.770. The van der Waals surface area contributed by atoms with E-state index in [1.807, 2.05) is 0 Å². The van der Waals surface area contributed by atoms with Crippen LogP contribution in [0.5, 0.6) is 0 Å². The smallest absolute Gasteiger partial charge is 0.248 e. The average Bonchev–Trinajstić information content (AvgIpc) is 2.60. The Morgan fingerprint density at radius 3 is 1.24 bits per heavy atom. The largest absolute Gasteiger partial charge is 0.379 e. The lowest BCUT2D eigenvalue weighted by Crippen LogP contribution is -2.27. The van der Waals surface area contributed by atoms with Crippen LogP contribution in [0, 0.1) is 0 Å². The number of carbonyl (C=O) groups excluding carboxylic acids is 1. The normalized spacial score (nSPS) is 11.0. The second kappa shape index (κ2) is 19.6. The van der Waals surface area contributed by atoms with Crippen LogP contribution in [0.25, 0.3) is 0 Å². The van der Waals surface area contributed by atoms with E-state index in [1.54, 1.807) is 14.1 Å². The maximum Gasteiger partial charge on any atom is 0.248 e. The van der Waals surface area contributed by atoms with Gasteiger partial charge in [0.2, 0.25) is 5.91 Å². The first-order valence-corrected chi connectivity index (χ1v) is 8.85. The number of hydrogen-bond donors (Lipinski definition) is 0. The SMILES string of the molecule is CCCOCCOCCOCCOCCOCCOCC(=O)N(C)C. The molecule has 0 spiro atoms. The van der Waals surface area contributed by atoms with Crippen molar-refractivity contribution in [3.63, 3.8) is 0 Å². The molecule has 0 saturated heterocycles. The van der Waals surface area contributed by atoms with E-state index in [4.69, 9.17) is 28.4 Å². The zero-order valence-electron chi connectivity index (χ0n) is 16.0. The molecule has 0 unspecified atom stereocenters. The van der Waals surface area contributed by atoms with E-state index in [0.717, 1.165) is 13.0 Å². The summed E-state index contributed by atoms with van der Waals surface area (Å²) >= 11 is 0. The monoisotopic (exact) mass is 365 g/mol. The number of amides is 1. The van der Waals surface area contributed by atoms with Crippen LogP contribution in [0.2, 0.25) is 0 Å². The highest BCUT2D eigenvalue weighted by molar-refractivity contribution is 5.76. The molecule has 0 aromatic carbocycles. The standard InChI is InChI=1S/C17H35NO7/c1-4-5-20-6-7-21-8-9-22-10-11-23-12-13-24-14-15-25-16-17(19)18(2)3/h4-16H2,1-3H3. The maximum absolute atomic E-state index is 11.2. The molecule has 150 valence electrons. The van der Waals surface area contributed by atoms with E-state index >= 15 is 0 Å². The van der Waals surface area contributed by atoms with Crippen molar-refractivity contribution in [1.82, 2.24) is 4.90 Å². The predicted octanol–water partition coefficient (Wildman–Crippen LogP) is 0.584. The summed E-state index contributed by atoms with van der Waals surface area (Å²) in [6, 6.07) is 0. The Kier molecular flexibility index (Phi) is 19.0. The topological polar surface area (TPSA) is 75.7 Å². The highest BCUT2D eigenvalue weighted by Gasteiger charge is 2.02. The summed E-state index contributed by atoms with van der Waals surface area (Å²) in [6.45, 7) is 8.19. The van der Waals surface area contributed by atoms with Crippen LogP contribution in [0.3, 0.4) is 0 Å². The lowest BCUT2D eigenvalue weighted by atomic mass is 10.5. The molecule has 0 atom stereocenters. The Morgan fingerprint density at radius 2 is 0.920 bits per heavy atom. The van der Waals surface area contributed by atoms with Crippen molar-refractivity contribution >= 4 is 5.91 Å². The van der Waals surface area contributed by atoms with Gasteiger partial charge in [-0.25, -0.2) is 0 Å². The van der Waals surface area contributed by atoms with Gasteiger partial charge in [-0.1, -0.05) is 6.92 Å². The van der Waals surface area contributed by atoms with Gasteiger partial charge in [0.25, 0.3) is 0 Å². The third-order valence-electron chi connectivity index (χ3n) is 2.93. The van der Waals surface area contributed by atoms with Crippen LogP contribution in [0.1, 0.15) is 13.3 Å². The molecule has 0 aromatic heterocycles. The molecule has 0 aliphatic carbocycles. The fourth-order valence-corrected chi connectivity index (χ4v) is 1.53. The molecule has 25 heavy (non-hydrogen) atoms. The quantitative estimate of drug-likeness (QED) is 0.310. The lowest BCUT2D eigenvalue weighted by Gasteiger charge is -2.10. The number of carbonyl (C=O) groups is 1. The number of rotatable bonds is 19.